The summed E-state index contributed by atoms with van der Waals surface area (Å²) in [6.45, 7) is 6.34. The monoisotopic (exact) mass is 454 g/mol. The Morgan fingerprint density at radius 2 is 1.58 bits per heavy atom. The van der Waals surface area contributed by atoms with E-state index in [9.17, 15) is 0 Å². The van der Waals surface area contributed by atoms with E-state index < -0.39 is 0 Å². The van der Waals surface area contributed by atoms with Crippen LogP contribution in [0.25, 0.3) is 16.9 Å². The van der Waals surface area contributed by atoms with Crippen LogP contribution in [0.3, 0.4) is 0 Å². The van der Waals surface area contributed by atoms with Gasteiger partial charge in [0.05, 0.1) is 11.0 Å². The van der Waals surface area contributed by atoms with Crippen LogP contribution in [-0.4, -0.2) is 19.5 Å². The average Bonchev–Trinajstić information content (AvgIpc) is 3.15. The number of halogens is 1. The summed E-state index contributed by atoms with van der Waals surface area (Å²) >= 11 is 6.18. The second kappa shape index (κ2) is 8.56. The number of aryl methyl sites for hydroxylation is 2. The Labute approximate surface area is 197 Å². The molecule has 2 N–H and O–H groups in total. The summed E-state index contributed by atoms with van der Waals surface area (Å²) in [5, 5.41) is 7.38. The van der Waals surface area contributed by atoms with E-state index >= 15 is 0 Å². The number of nitrogens with one attached hydrogen (secondary N) is 2. The molecule has 164 valence electrons. The Morgan fingerprint density at radius 1 is 0.788 bits per heavy atom. The van der Waals surface area contributed by atoms with E-state index in [0.29, 0.717) is 22.7 Å². The number of rotatable bonds is 5. The van der Waals surface area contributed by atoms with Crippen LogP contribution in [0.5, 0.6) is 0 Å². The molecule has 0 radical (unpaired) electrons. The molecule has 0 spiro atoms. The molecule has 6 nitrogen and oxygen atoms in total. The van der Waals surface area contributed by atoms with Crippen molar-refractivity contribution in [2.75, 3.05) is 10.6 Å². The van der Waals surface area contributed by atoms with Gasteiger partial charge in [0, 0.05) is 28.7 Å². The van der Waals surface area contributed by atoms with Gasteiger partial charge < -0.3 is 10.6 Å². The summed E-state index contributed by atoms with van der Waals surface area (Å²) in [4.78, 5) is 14.0. The molecule has 5 rings (SSSR count). The van der Waals surface area contributed by atoms with E-state index in [1.807, 2.05) is 59.2 Å². The standard InChI is InChI=1S/C26H23ClN6/c1-16-13-21(14-17(2)18(16)3)29-25-28-12-11-24(32-25)33-23-10-5-4-9-22(23)31-26(33)30-20-8-6-7-19(27)15-20/h4-15H,1-3H3,(H,30,31)(H,28,29,32). The second-order valence-corrected chi connectivity index (χ2v) is 8.43. The first-order chi connectivity index (χ1) is 16.0. The van der Waals surface area contributed by atoms with Crippen LogP contribution in [0.2, 0.25) is 5.02 Å². The molecule has 0 bridgehead atoms. The van der Waals surface area contributed by atoms with E-state index in [-0.39, 0.29) is 0 Å². The lowest BCUT2D eigenvalue weighted by Crippen LogP contribution is -2.06. The Morgan fingerprint density at radius 3 is 2.36 bits per heavy atom. The van der Waals surface area contributed by atoms with Crippen molar-refractivity contribution in [1.82, 2.24) is 19.5 Å². The molecule has 0 unspecified atom stereocenters. The number of para-hydroxylation sites is 2. The number of hydrogen-bond acceptors (Lipinski definition) is 5. The number of imidazole rings is 1. The van der Waals surface area contributed by atoms with Crippen molar-refractivity contribution < 1.29 is 0 Å². The second-order valence-electron chi connectivity index (χ2n) is 7.99. The van der Waals surface area contributed by atoms with E-state index in [1.165, 1.54) is 16.7 Å². The Kier molecular flexibility index (Phi) is 5.44. The predicted octanol–water partition coefficient (Wildman–Crippen LogP) is 6.88. The van der Waals surface area contributed by atoms with Crippen molar-refractivity contribution in [3.05, 3.63) is 94.6 Å². The minimum Gasteiger partial charge on any atom is -0.325 e. The highest BCUT2D eigenvalue weighted by molar-refractivity contribution is 6.30. The summed E-state index contributed by atoms with van der Waals surface area (Å²) in [6.07, 6.45) is 1.75. The van der Waals surface area contributed by atoms with Gasteiger partial charge >= 0.3 is 0 Å². The first kappa shape index (κ1) is 21.0. The maximum Gasteiger partial charge on any atom is 0.229 e. The smallest absolute Gasteiger partial charge is 0.229 e. The predicted molar refractivity (Wildman–Crippen MR) is 135 cm³/mol. The molecule has 0 saturated heterocycles. The van der Waals surface area contributed by atoms with Gasteiger partial charge in [-0.05, 0) is 79.9 Å². The first-order valence-corrected chi connectivity index (χ1v) is 11.0. The van der Waals surface area contributed by atoms with Gasteiger partial charge in [-0.15, -0.1) is 0 Å². The number of anilines is 4. The molecular weight excluding hydrogens is 432 g/mol. The van der Waals surface area contributed by atoms with Crippen molar-refractivity contribution in [2.45, 2.75) is 20.8 Å². The van der Waals surface area contributed by atoms with Gasteiger partial charge in [-0.3, -0.25) is 4.57 Å². The summed E-state index contributed by atoms with van der Waals surface area (Å²) in [7, 11) is 0. The third-order valence-electron chi connectivity index (χ3n) is 5.69. The number of aromatic nitrogens is 4. The van der Waals surface area contributed by atoms with Crippen LogP contribution < -0.4 is 10.6 Å². The molecule has 2 heterocycles. The summed E-state index contributed by atoms with van der Waals surface area (Å²) in [5.74, 6) is 1.86. The summed E-state index contributed by atoms with van der Waals surface area (Å²) < 4.78 is 1.98. The normalized spacial score (nSPS) is 11.0. The molecule has 7 heteroatoms. The van der Waals surface area contributed by atoms with E-state index in [4.69, 9.17) is 21.6 Å². The topological polar surface area (TPSA) is 67.7 Å². The fraction of sp³-hybridized carbons (Fsp3) is 0.115. The molecule has 0 atom stereocenters. The maximum absolute atomic E-state index is 6.18. The highest BCUT2D eigenvalue weighted by Crippen LogP contribution is 2.28. The van der Waals surface area contributed by atoms with Gasteiger partial charge in [-0.2, -0.15) is 4.98 Å². The molecule has 0 aliphatic rings. The summed E-state index contributed by atoms with van der Waals surface area (Å²) in [6, 6.07) is 21.6. The maximum atomic E-state index is 6.18. The third-order valence-corrected chi connectivity index (χ3v) is 5.93. The lowest BCUT2D eigenvalue weighted by molar-refractivity contribution is 1.01. The molecule has 0 aliphatic carbocycles. The van der Waals surface area contributed by atoms with Crippen molar-refractivity contribution >= 4 is 45.9 Å². The van der Waals surface area contributed by atoms with Gasteiger partial charge in [0.1, 0.15) is 5.82 Å². The molecule has 5 aromatic rings. The molecule has 0 amide bonds. The lowest BCUT2D eigenvalue weighted by atomic mass is 10.0. The van der Waals surface area contributed by atoms with Crippen LogP contribution in [0, 0.1) is 20.8 Å². The van der Waals surface area contributed by atoms with Gasteiger partial charge in [0.15, 0.2) is 0 Å². The van der Waals surface area contributed by atoms with Gasteiger partial charge in [0.2, 0.25) is 11.9 Å². The highest BCUT2D eigenvalue weighted by Gasteiger charge is 2.15. The van der Waals surface area contributed by atoms with Crippen molar-refractivity contribution in [3.63, 3.8) is 0 Å². The molecule has 2 aromatic heterocycles. The molecule has 0 fully saturated rings. The van der Waals surface area contributed by atoms with Gasteiger partial charge in [0.25, 0.3) is 0 Å². The first-order valence-electron chi connectivity index (χ1n) is 10.7. The van der Waals surface area contributed by atoms with Crippen molar-refractivity contribution in [2.24, 2.45) is 0 Å². The zero-order valence-corrected chi connectivity index (χ0v) is 19.4. The third kappa shape index (κ3) is 4.25. The molecular formula is C26H23ClN6. The SMILES string of the molecule is Cc1cc(Nc2nccc(-n3c(Nc4cccc(Cl)c4)nc4ccccc43)n2)cc(C)c1C. The molecule has 33 heavy (non-hydrogen) atoms. The highest BCUT2D eigenvalue weighted by atomic mass is 35.5. The molecule has 0 aliphatic heterocycles. The number of nitrogens with zero attached hydrogens (tertiary/aromatic N) is 4. The minimum atomic E-state index is 0.515. The van der Waals surface area contributed by atoms with Crippen molar-refractivity contribution in [3.8, 4) is 5.82 Å². The van der Waals surface area contributed by atoms with Crippen LogP contribution in [0.15, 0.2) is 72.9 Å². The Hall–Kier alpha value is -3.90. The van der Waals surface area contributed by atoms with E-state index in [0.717, 1.165) is 22.4 Å². The Bertz CT molecular complexity index is 1450. The van der Waals surface area contributed by atoms with Crippen LogP contribution in [0.4, 0.5) is 23.3 Å². The van der Waals surface area contributed by atoms with E-state index in [2.05, 4.69) is 48.5 Å². The van der Waals surface area contributed by atoms with Crippen molar-refractivity contribution in [1.29, 1.82) is 0 Å². The van der Waals surface area contributed by atoms with Gasteiger partial charge in [-0.1, -0.05) is 29.8 Å². The van der Waals surface area contributed by atoms with E-state index in [1.54, 1.807) is 6.20 Å². The zero-order chi connectivity index (χ0) is 22.9. The molecule has 0 saturated carbocycles. The average molecular weight is 455 g/mol. The van der Waals surface area contributed by atoms with Crippen LogP contribution in [0.1, 0.15) is 16.7 Å². The fourth-order valence-electron chi connectivity index (χ4n) is 3.81. The number of fused-ring (bicyclic) bond motifs is 1. The fourth-order valence-corrected chi connectivity index (χ4v) is 4.00. The van der Waals surface area contributed by atoms with Crippen LogP contribution >= 0.6 is 11.6 Å². The molecule has 3 aromatic carbocycles. The number of hydrogen-bond donors (Lipinski definition) is 2. The minimum absolute atomic E-state index is 0.515. The van der Waals surface area contributed by atoms with Crippen LogP contribution in [-0.2, 0) is 0 Å². The Balaban J connectivity index is 1.56. The van der Waals surface area contributed by atoms with Gasteiger partial charge in [-0.25, -0.2) is 9.97 Å². The zero-order valence-electron chi connectivity index (χ0n) is 18.6. The summed E-state index contributed by atoms with van der Waals surface area (Å²) in [5.41, 5.74) is 7.34. The quantitative estimate of drug-likeness (QED) is 0.303. The number of benzene rings is 3. The lowest BCUT2D eigenvalue weighted by Gasteiger charge is -2.13. The largest absolute Gasteiger partial charge is 0.325 e.